The molecule has 5 heteroatoms. The van der Waals surface area contributed by atoms with Gasteiger partial charge in [0.2, 0.25) is 0 Å². The van der Waals surface area contributed by atoms with E-state index >= 15 is 0 Å². The molecule has 0 amide bonds. The highest BCUT2D eigenvalue weighted by atomic mass is 16.5. The Balaban J connectivity index is 2.41. The molecule has 1 aromatic carbocycles. The maximum absolute atomic E-state index is 9.59. The molecule has 0 aliphatic carbocycles. The minimum atomic E-state index is 0.131. The molecule has 0 spiro atoms. The highest BCUT2D eigenvalue weighted by Crippen LogP contribution is 2.27. The Labute approximate surface area is 114 Å². The van der Waals surface area contributed by atoms with Gasteiger partial charge in [0.15, 0.2) is 0 Å². The average Bonchev–Trinajstić information content (AvgIpc) is 2.39. The van der Waals surface area contributed by atoms with Gasteiger partial charge in [0.05, 0.1) is 13.2 Å². The van der Waals surface area contributed by atoms with Crippen LogP contribution in [0.25, 0.3) is 0 Å². The molecule has 108 valence electrons. The number of phenols is 1. The van der Waals surface area contributed by atoms with E-state index in [1.54, 1.807) is 32.4 Å². The third kappa shape index (κ3) is 6.88. The van der Waals surface area contributed by atoms with Crippen LogP contribution in [0.1, 0.15) is 12.8 Å². The van der Waals surface area contributed by atoms with Crippen LogP contribution in [-0.4, -0.2) is 45.8 Å². The molecule has 1 aromatic rings. The number of rotatable bonds is 10. The van der Waals surface area contributed by atoms with E-state index in [9.17, 15) is 5.11 Å². The van der Waals surface area contributed by atoms with Crippen molar-refractivity contribution < 1.29 is 24.1 Å². The number of phenolic OH excluding ortho intramolecular Hbond substituents is 1. The van der Waals surface area contributed by atoms with Crippen molar-refractivity contribution in [2.75, 3.05) is 40.6 Å². The van der Waals surface area contributed by atoms with Crippen LogP contribution in [-0.2, 0) is 9.47 Å². The van der Waals surface area contributed by atoms with Gasteiger partial charge < -0.3 is 24.1 Å². The molecule has 0 unspecified atom stereocenters. The first-order valence-corrected chi connectivity index (χ1v) is 6.34. The summed E-state index contributed by atoms with van der Waals surface area (Å²) in [5.41, 5.74) is 0. The lowest BCUT2D eigenvalue weighted by atomic mass is 10.3. The third-order valence-electron chi connectivity index (χ3n) is 2.39. The zero-order valence-corrected chi connectivity index (χ0v) is 11.6. The normalized spacial score (nSPS) is 10.4. The summed E-state index contributed by atoms with van der Waals surface area (Å²) in [4.78, 5) is 0. The molecular weight excluding hydrogens is 248 g/mol. The standard InChI is InChI=1S/C14H22O5/c1-16-5-3-7-18-13-9-12(15)10-14(11-13)19-8-4-6-17-2/h9-11,15H,3-8H2,1-2H3. The Kier molecular flexibility index (Phi) is 7.77. The van der Waals surface area contributed by atoms with E-state index < -0.39 is 0 Å². The number of ether oxygens (including phenoxy) is 4. The van der Waals surface area contributed by atoms with Crippen LogP contribution >= 0.6 is 0 Å². The van der Waals surface area contributed by atoms with Crippen LogP contribution in [0.4, 0.5) is 0 Å². The second kappa shape index (κ2) is 9.47. The lowest BCUT2D eigenvalue weighted by Crippen LogP contribution is -2.03. The van der Waals surface area contributed by atoms with E-state index in [1.165, 1.54) is 0 Å². The van der Waals surface area contributed by atoms with Crippen molar-refractivity contribution in [1.82, 2.24) is 0 Å². The zero-order valence-electron chi connectivity index (χ0n) is 11.6. The molecule has 0 aromatic heterocycles. The van der Waals surface area contributed by atoms with E-state index in [0.717, 1.165) is 12.8 Å². The Bertz CT molecular complexity index is 323. The van der Waals surface area contributed by atoms with Gasteiger partial charge >= 0.3 is 0 Å². The quantitative estimate of drug-likeness (QED) is 0.661. The van der Waals surface area contributed by atoms with Crippen LogP contribution in [0.2, 0.25) is 0 Å². The van der Waals surface area contributed by atoms with Crippen molar-refractivity contribution in [3.05, 3.63) is 18.2 Å². The Hall–Kier alpha value is -1.46. The molecule has 1 N–H and O–H groups in total. The predicted molar refractivity (Wildman–Crippen MR) is 72.1 cm³/mol. The molecule has 0 fully saturated rings. The van der Waals surface area contributed by atoms with Crippen molar-refractivity contribution in [2.24, 2.45) is 0 Å². The number of aromatic hydroxyl groups is 1. The van der Waals surface area contributed by atoms with E-state index in [-0.39, 0.29) is 5.75 Å². The zero-order chi connectivity index (χ0) is 13.9. The van der Waals surface area contributed by atoms with E-state index in [1.807, 2.05) is 0 Å². The fourth-order valence-electron chi connectivity index (χ4n) is 1.51. The van der Waals surface area contributed by atoms with Crippen molar-refractivity contribution in [3.8, 4) is 17.2 Å². The molecule has 0 atom stereocenters. The fourth-order valence-corrected chi connectivity index (χ4v) is 1.51. The highest BCUT2D eigenvalue weighted by Gasteiger charge is 2.02. The average molecular weight is 270 g/mol. The molecule has 1 rings (SSSR count). The van der Waals surface area contributed by atoms with E-state index in [0.29, 0.717) is 37.9 Å². The van der Waals surface area contributed by atoms with Gasteiger partial charge in [-0.3, -0.25) is 0 Å². The molecular formula is C14H22O5. The monoisotopic (exact) mass is 270 g/mol. The molecule has 0 aliphatic rings. The van der Waals surface area contributed by atoms with Crippen molar-refractivity contribution in [1.29, 1.82) is 0 Å². The lowest BCUT2D eigenvalue weighted by molar-refractivity contribution is 0.169. The maximum Gasteiger partial charge on any atom is 0.126 e. The summed E-state index contributed by atoms with van der Waals surface area (Å²) in [7, 11) is 3.31. The van der Waals surface area contributed by atoms with E-state index in [4.69, 9.17) is 18.9 Å². The Morgan fingerprint density at radius 2 is 1.26 bits per heavy atom. The van der Waals surface area contributed by atoms with Crippen molar-refractivity contribution in [3.63, 3.8) is 0 Å². The maximum atomic E-state index is 9.59. The van der Waals surface area contributed by atoms with Crippen molar-refractivity contribution in [2.45, 2.75) is 12.8 Å². The van der Waals surface area contributed by atoms with Gasteiger partial charge in [-0.2, -0.15) is 0 Å². The summed E-state index contributed by atoms with van der Waals surface area (Å²) in [5, 5.41) is 9.59. The first-order chi connectivity index (χ1) is 9.26. The smallest absolute Gasteiger partial charge is 0.126 e. The molecule has 0 aliphatic heterocycles. The number of hydrogen-bond acceptors (Lipinski definition) is 5. The van der Waals surface area contributed by atoms with Crippen LogP contribution in [0, 0.1) is 0 Å². The summed E-state index contributed by atoms with van der Waals surface area (Å²) in [6, 6.07) is 4.89. The fraction of sp³-hybridized carbons (Fsp3) is 0.571. The Morgan fingerprint density at radius 1 is 0.789 bits per heavy atom. The third-order valence-corrected chi connectivity index (χ3v) is 2.39. The number of hydrogen-bond donors (Lipinski definition) is 1. The second-order valence-electron chi connectivity index (χ2n) is 4.05. The molecule has 0 bridgehead atoms. The SMILES string of the molecule is COCCCOc1cc(O)cc(OCCCOC)c1. The molecule has 19 heavy (non-hydrogen) atoms. The molecule has 0 saturated carbocycles. The summed E-state index contributed by atoms with van der Waals surface area (Å²) in [5.74, 6) is 1.32. The predicted octanol–water partition coefficient (Wildman–Crippen LogP) is 2.22. The summed E-state index contributed by atoms with van der Waals surface area (Å²) in [6.07, 6.45) is 1.60. The minimum Gasteiger partial charge on any atom is -0.508 e. The summed E-state index contributed by atoms with van der Waals surface area (Å²) >= 11 is 0. The van der Waals surface area contributed by atoms with Gasteiger partial charge in [0, 0.05) is 58.5 Å². The minimum absolute atomic E-state index is 0.131. The van der Waals surface area contributed by atoms with Gasteiger partial charge in [-0.1, -0.05) is 0 Å². The highest BCUT2D eigenvalue weighted by molar-refractivity contribution is 5.41. The molecule has 0 heterocycles. The molecule has 5 nitrogen and oxygen atoms in total. The lowest BCUT2D eigenvalue weighted by Gasteiger charge is -2.10. The van der Waals surface area contributed by atoms with Gasteiger partial charge in [0.25, 0.3) is 0 Å². The van der Waals surface area contributed by atoms with E-state index in [2.05, 4.69) is 0 Å². The number of benzene rings is 1. The van der Waals surface area contributed by atoms with Crippen LogP contribution in [0.3, 0.4) is 0 Å². The van der Waals surface area contributed by atoms with Gasteiger partial charge in [-0.25, -0.2) is 0 Å². The van der Waals surface area contributed by atoms with Crippen LogP contribution < -0.4 is 9.47 Å². The Morgan fingerprint density at radius 3 is 1.68 bits per heavy atom. The van der Waals surface area contributed by atoms with Crippen LogP contribution in [0.15, 0.2) is 18.2 Å². The van der Waals surface area contributed by atoms with Gasteiger partial charge in [-0.05, 0) is 0 Å². The largest absolute Gasteiger partial charge is 0.508 e. The second-order valence-corrected chi connectivity index (χ2v) is 4.05. The first kappa shape index (κ1) is 15.6. The number of methoxy groups -OCH3 is 2. The van der Waals surface area contributed by atoms with Gasteiger partial charge in [0.1, 0.15) is 17.2 Å². The van der Waals surface area contributed by atoms with Gasteiger partial charge in [-0.15, -0.1) is 0 Å². The first-order valence-electron chi connectivity index (χ1n) is 6.34. The van der Waals surface area contributed by atoms with Crippen LogP contribution in [0.5, 0.6) is 17.2 Å². The summed E-state index contributed by atoms with van der Waals surface area (Å²) < 4.78 is 20.9. The summed E-state index contributed by atoms with van der Waals surface area (Å²) in [6.45, 7) is 2.39. The topological polar surface area (TPSA) is 57.2 Å². The molecule has 0 radical (unpaired) electrons. The van der Waals surface area contributed by atoms with Crippen molar-refractivity contribution >= 4 is 0 Å². The molecule has 0 saturated heterocycles.